The first-order valence-electron chi connectivity index (χ1n) is 7.84. The lowest BCUT2D eigenvalue weighted by Gasteiger charge is -2.15. The fourth-order valence-corrected chi connectivity index (χ4v) is 4.23. The Morgan fingerprint density at radius 1 is 1.35 bits per heavy atom. The molecular weight excluding hydrogens is 316 g/mol. The fraction of sp³-hybridized carbons (Fsp3) is 0.562. The van der Waals surface area contributed by atoms with Crippen LogP contribution in [0, 0.1) is 0 Å². The van der Waals surface area contributed by atoms with Crippen LogP contribution >= 0.6 is 0 Å². The van der Waals surface area contributed by atoms with E-state index in [0.717, 1.165) is 11.3 Å². The summed E-state index contributed by atoms with van der Waals surface area (Å²) in [6, 6.07) is 7.20. The van der Waals surface area contributed by atoms with E-state index in [0.29, 0.717) is 25.5 Å². The van der Waals surface area contributed by atoms with Gasteiger partial charge in [-0.3, -0.25) is 0 Å². The molecule has 23 heavy (non-hydrogen) atoms. The van der Waals surface area contributed by atoms with Gasteiger partial charge < -0.3 is 15.4 Å². The normalized spacial score (nSPS) is 19.5. The molecule has 1 saturated heterocycles. The molecule has 7 heteroatoms. The van der Waals surface area contributed by atoms with Gasteiger partial charge in [-0.2, -0.15) is 0 Å². The molecule has 1 aliphatic rings. The topological polar surface area (TPSA) is 84.5 Å². The molecule has 0 spiro atoms. The lowest BCUT2D eigenvalue weighted by molar-refractivity contribution is 0.233. The van der Waals surface area contributed by atoms with Gasteiger partial charge in [0.15, 0.2) is 9.84 Å². The van der Waals surface area contributed by atoms with E-state index < -0.39 is 9.84 Å². The minimum absolute atomic E-state index is 0.0265. The average Bonchev–Trinajstić information content (AvgIpc) is 2.82. The lowest BCUT2D eigenvalue weighted by Crippen LogP contribution is -2.43. The van der Waals surface area contributed by atoms with Gasteiger partial charge in [0.25, 0.3) is 0 Å². The quantitative estimate of drug-likeness (QED) is 0.772. The largest absolute Gasteiger partial charge is 0.491 e. The zero-order chi connectivity index (χ0) is 16.9. The molecule has 1 aromatic carbocycles. The summed E-state index contributed by atoms with van der Waals surface area (Å²) in [6.07, 6.45) is 0.480. The van der Waals surface area contributed by atoms with Crippen molar-refractivity contribution in [1.82, 2.24) is 10.6 Å². The third kappa shape index (κ3) is 5.42. The molecule has 0 bridgehead atoms. The Morgan fingerprint density at radius 2 is 2.09 bits per heavy atom. The zero-order valence-electron chi connectivity index (χ0n) is 13.5. The second-order valence-electron chi connectivity index (χ2n) is 6.04. The molecule has 0 aliphatic carbocycles. The van der Waals surface area contributed by atoms with Gasteiger partial charge in [0.1, 0.15) is 12.4 Å². The smallest absolute Gasteiger partial charge is 0.315 e. The number of urea groups is 1. The molecule has 2 amide bonds. The summed E-state index contributed by atoms with van der Waals surface area (Å²) in [5.74, 6) is 1.37. The molecule has 1 fully saturated rings. The van der Waals surface area contributed by atoms with Crippen LogP contribution < -0.4 is 15.4 Å². The highest BCUT2D eigenvalue weighted by Gasteiger charge is 2.28. The molecule has 1 heterocycles. The zero-order valence-corrected chi connectivity index (χ0v) is 14.4. The molecule has 0 aromatic heterocycles. The number of nitrogens with one attached hydrogen (secondary N) is 2. The van der Waals surface area contributed by atoms with E-state index in [-0.39, 0.29) is 23.6 Å². The van der Waals surface area contributed by atoms with Crippen LogP contribution in [-0.4, -0.2) is 45.1 Å². The van der Waals surface area contributed by atoms with Gasteiger partial charge in [0.2, 0.25) is 0 Å². The van der Waals surface area contributed by atoms with Crippen molar-refractivity contribution in [3.63, 3.8) is 0 Å². The van der Waals surface area contributed by atoms with Crippen molar-refractivity contribution in [2.24, 2.45) is 0 Å². The van der Waals surface area contributed by atoms with E-state index in [1.165, 1.54) is 0 Å². The predicted octanol–water partition coefficient (Wildman–Crippen LogP) is 1.68. The average molecular weight is 340 g/mol. The van der Waals surface area contributed by atoms with E-state index in [1.807, 2.05) is 24.3 Å². The predicted molar refractivity (Wildman–Crippen MR) is 89.6 cm³/mol. The first-order chi connectivity index (χ1) is 10.9. The van der Waals surface area contributed by atoms with Gasteiger partial charge in [-0.05, 0) is 24.0 Å². The van der Waals surface area contributed by atoms with Crippen LogP contribution in [0.2, 0.25) is 0 Å². The molecule has 1 aromatic rings. The van der Waals surface area contributed by atoms with E-state index >= 15 is 0 Å². The first kappa shape index (κ1) is 17.6. The SMILES string of the molecule is CC(C)c1ccccc1OCCNC(=O)NC1CCS(=O)(=O)C1. The second kappa shape index (κ2) is 7.68. The minimum atomic E-state index is -2.98. The van der Waals surface area contributed by atoms with E-state index in [2.05, 4.69) is 24.5 Å². The molecule has 2 rings (SSSR count). The number of benzene rings is 1. The van der Waals surface area contributed by atoms with Crippen molar-refractivity contribution in [3.8, 4) is 5.75 Å². The van der Waals surface area contributed by atoms with Crippen LogP contribution in [0.3, 0.4) is 0 Å². The molecule has 1 unspecified atom stereocenters. The van der Waals surface area contributed by atoms with Crippen LogP contribution in [0.25, 0.3) is 0 Å². The van der Waals surface area contributed by atoms with Crippen molar-refractivity contribution in [3.05, 3.63) is 29.8 Å². The van der Waals surface area contributed by atoms with Gasteiger partial charge in [-0.15, -0.1) is 0 Å². The van der Waals surface area contributed by atoms with Crippen molar-refractivity contribution in [2.75, 3.05) is 24.7 Å². The summed E-state index contributed by atoms with van der Waals surface area (Å²) in [7, 11) is -2.98. The number of rotatable bonds is 6. The third-order valence-corrected chi connectivity index (χ3v) is 5.52. The number of para-hydroxylation sites is 1. The van der Waals surface area contributed by atoms with E-state index in [1.54, 1.807) is 0 Å². The van der Waals surface area contributed by atoms with Crippen molar-refractivity contribution >= 4 is 15.9 Å². The Kier molecular flexibility index (Phi) is 5.87. The number of hydrogen-bond donors (Lipinski definition) is 2. The van der Waals surface area contributed by atoms with Gasteiger partial charge >= 0.3 is 6.03 Å². The number of hydrogen-bond acceptors (Lipinski definition) is 4. The maximum absolute atomic E-state index is 11.7. The Labute approximate surface area is 137 Å². The van der Waals surface area contributed by atoms with Crippen LogP contribution in [-0.2, 0) is 9.84 Å². The van der Waals surface area contributed by atoms with Crippen LogP contribution in [0.15, 0.2) is 24.3 Å². The lowest BCUT2D eigenvalue weighted by atomic mass is 10.0. The van der Waals surface area contributed by atoms with Gasteiger partial charge in [0, 0.05) is 6.04 Å². The number of ether oxygens (including phenoxy) is 1. The number of carbonyl (C=O) groups is 1. The van der Waals surface area contributed by atoms with Crippen LogP contribution in [0.1, 0.15) is 31.7 Å². The maximum atomic E-state index is 11.7. The molecule has 6 nitrogen and oxygen atoms in total. The molecule has 128 valence electrons. The van der Waals surface area contributed by atoms with Crippen molar-refractivity contribution in [1.29, 1.82) is 0 Å². The molecule has 1 atom stereocenters. The van der Waals surface area contributed by atoms with Gasteiger partial charge in [-0.1, -0.05) is 32.0 Å². The fourth-order valence-electron chi connectivity index (χ4n) is 2.56. The summed E-state index contributed by atoms with van der Waals surface area (Å²) in [6.45, 7) is 4.92. The summed E-state index contributed by atoms with van der Waals surface area (Å²) < 4.78 is 28.4. The highest BCUT2D eigenvalue weighted by atomic mass is 32.2. The summed E-state index contributed by atoms with van der Waals surface area (Å²) in [4.78, 5) is 11.7. The van der Waals surface area contributed by atoms with Crippen LogP contribution in [0.4, 0.5) is 4.79 Å². The number of amides is 2. The Bertz CT molecular complexity index is 643. The maximum Gasteiger partial charge on any atom is 0.315 e. The molecule has 0 radical (unpaired) electrons. The summed E-state index contributed by atoms with van der Waals surface area (Å²) >= 11 is 0. The van der Waals surface area contributed by atoms with Crippen LogP contribution in [0.5, 0.6) is 5.75 Å². The monoisotopic (exact) mass is 340 g/mol. The Morgan fingerprint density at radius 3 is 2.74 bits per heavy atom. The standard InChI is InChI=1S/C16H24N2O4S/c1-12(2)14-5-3-4-6-15(14)22-9-8-17-16(19)18-13-7-10-23(20,21)11-13/h3-6,12-13H,7-11H2,1-2H3,(H2,17,18,19). The van der Waals surface area contributed by atoms with Crippen molar-refractivity contribution < 1.29 is 17.9 Å². The molecular formula is C16H24N2O4S. The highest BCUT2D eigenvalue weighted by molar-refractivity contribution is 7.91. The second-order valence-corrected chi connectivity index (χ2v) is 8.27. The Hall–Kier alpha value is -1.76. The summed E-state index contributed by atoms with van der Waals surface area (Å²) in [5, 5.41) is 5.36. The van der Waals surface area contributed by atoms with E-state index in [4.69, 9.17) is 4.74 Å². The highest BCUT2D eigenvalue weighted by Crippen LogP contribution is 2.25. The molecule has 2 N–H and O–H groups in total. The Balaban J connectivity index is 1.70. The summed E-state index contributed by atoms with van der Waals surface area (Å²) in [5.41, 5.74) is 1.13. The van der Waals surface area contributed by atoms with Gasteiger partial charge in [-0.25, -0.2) is 13.2 Å². The third-order valence-electron chi connectivity index (χ3n) is 3.75. The molecule has 1 aliphatic heterocycles. The van der Waals surface area contributed by atoms with E-state index in [9.17, 15) is 13.2 Å². The number of sulfone groups is 1. The minimum Gasteiger partial charge on any atom is -0.491 e. The number of carbonyl (C=O) groups excluding carboxylic acids is 1. The van der Waals surface area contributed by atoms with Crippen molar-refractivity contribution in [2.45, 2.75) is 32.2 Å². The van der Waals surface area contributed by atoms with Gasteiger partial charge in [0.05, 0.1) is 18.1 Å². The first-order valence-corrected chi connectivity index (χ1v) is 9.66. The molecule has 0 saturated carbocycles.